The fourth-order valence-electron chi connectivity index (χ4n) is 6.62. The van der Waals surface area contributed by atoms with Gasteiger partial charge in [-0.2, -0.15) is 0 Å². The number of Topliss-reactive ketones (excluding diaryl/α,β-unsaturated/α-hetero) is 1. The molecule has 0 aromatic carbocycles. The topological polar surface area (TPSA) is 71.4 Å². The molecule has 0 aromatic heterocycles. The highest BCUT2D eigenvalue weighted by molar-refractivity contribution is 5.93. The number of carboxylic acids is 1. The van der Waals surface area contributed by atoms with E-state index in [-0.39, 0.29) is 28.3 Å². The molecule has 0 bridgehead atoms. The van der Waals surface area contributed by atoms with Crippen LogP contribution in [0, 0.1) is 28.6 Å². The van der Waals surface area contributed by atoms with E-state index in [0.29, 0.717) is 24.7 Å². The molecular formula is C21H26O4. The molecule has 4 aliphatic carbocycles. The number of hydrogen-bond donors (Lipinski definition) is 1. The third-order valence-electron chi connectivity index (χ3n) is 7.80. The molecule has 4 nitrogen and oxygen atoms in total. The lowest BCUT2D eigenvalue weighted by molar-refractivity contribution is -0.143. The predicted molar refractivity (Wildman–Crippen MR) is 92.8 cm³/mol. The second-order valence-electron chi connectivity index (χ2n) is 8.95. The van der Waals surface area contributed by atoms with E-state index in [1.54, 1.807) is 0 Å². The Morgan fingerprint density at radius 3 is 2.64 bits per heavy atom. The second kappa shape index (κ2) is 5.39. The highest BCUT2D eigenvalue weighted by Crippen LogP contribution is 2.65. The molecule has 0 aliphatic heterocycles. The minimum atomic E-state index is -0.905. The maximum absolute atomic E-state index is 13.3. The van der Waals surface area contributed by atoms with Crippen molar-refractivity contribution in [2.45, 2.75) is 58.8 Å². The van der Waals surface area contributed by atoms with E-state index < -0.39 is 5.97 Å². The minimum Gasteiger partial charge on any atom is -0.478 e. The molecule has 5 atom stereocenters. The third-order valence-corrected chi connectivity index (χ3v) is 7.80. The average Bonchev–Trinajstić information content (AvgIpc) is 2.83. The fraction of sp³-hybridized carbons (Fsp3) is 0.667. The number of rotatable bonds is 1. The molecule has 0 unspecified atom stereocenters. The van der Waals surface area contributed by atoms with Crippen molar-refractivity contribution in [1.82, 2.24) is 0 Å². The number of carboxylic acid groups (broad SMARTS) is 1. The smallest absolute Gasteiger partial charge is 0.328 e. The highest BCUT2D eigenvalue weighted by Gasteiger charge is 2.60. The van der Waals surface area contributed by atoms with Gasteiger partial charge in [-0.3, -0.25) is 9.59 Å². The van der Waals surface area contributed by atoms with Crippen molar-refractivity contribution in [2.24, 2.45) is 28.6 Å². The van der Waals surface area contributed by atoms with Gasteiger partial charge in [-0.1, -0.05) is 25.0 Å². The minimum absolute atomic E-state index is 0.00264. The molecule has 0 radical (unpaired) electrons. The molecule has 1 N–H and O–H groups in total. The monoisotopic (exact) mass is 342 g/mol. The molecule has 3 fully saturated rings. The van der Waals surface area contributed by atoms with E-state index in [4.69, 9.17) is 0 Å². The molecule has 4 heteroatoms. The Labute approximate surface area is 148 Å². The van der Waals surface area contributed by atoms with Crippen molar-refractivity contribution in [3.05, 3.63) is 23.3 Å². The van der Waals surface area contributed by atoms with E-state index >= 15 is 0 Å². The SMILES string of the molecule is C[C@]12CCC(=O)C=C1CC[C@@H]1[C@@H]2C(=O)C[C@]2(C)/C(=C\C(=O)O)CC[C@@H]12. The number of carbonyl (C=O) groups excluding carboxylic acids is 2. The number of aliphatic carboxylic acids is 1. The highest BCUT2D eigenvalue weighted by atomic mass is 16.4. The molecule has 3 saturated carbocycles. The Hall–Kier alpha value is -1.71. The van der Waals surface area contributed by atoms with Crippen LogP contribution in [0.5, 0.6) is 0 Å². The summed E-state index contributed by atoms with van der Waals surface area (Å²) in [5.74, 6) is 0.287. The first-order valence-electron chi connectivity index (χ1n) is 9.46. The van der Waals surface area contributed by atoms with Gasteiger partial charge in [0.1, 0.15) is 5.78 Å². The lowest BCUT2D eigenvalue weighted by Crippen LogP contribution is -2.54. The van der Waals surface area contributed by atoms with Crippen LogP contribution in [0.15, 0.2) is 23.3 Å². The summed E-state index contributed by atoms with van der Waals surface area (Å²) in [5, 5.41) is 9.20. The molecule has 0 spiro atoms. The molecule has 0 saturated heterocycles. The van der Waals surface area contributed by atoms with E-state index in [1.807, 2.05) is 6.08 Å². The summed E-state index contributed by atoms with van der Waals surface area (Å²) in [4.78, 5) is 36.3. The molecule has 25 heavy (non-hydrogen) atoms. The Kier molecular flexibility index (Phi) is 3.61. The van der Waals surface area contributed by atoms with E-state index in [2.05, 4.69) is 13.8 Å². The van der Waals surface area contributed by atoms with Gasteiger partial charge in [-0.25, -0.2) is 4.79 Å². The zero-order valence-electron chi connectivity index (χ0n) is 15.0. The van der Waals surface area contributed by atoms with Crippen molar-refractivity contribution >= 4 is 17.5 Å². The van der Waals surface area contributed by atoms with Crippen molar-refractivity contribution in [3.63, 3.8) is 0 Å². The first-order valence-corrected chi connectivity index (χ1v) is 9.46. The average molecular weight is 342 g/mol. The number of ketones is 2. The standard InChI is InChI=1S/C21H26O4/c1-20-8-7-14(22)9-12(20)3-5-15-16-6-4-13(10-18(24)25)21(16,2)11-17(23)19(15)20/h9-10,15-16,19H,3-8,11H2,1-2H3,(H,24,25)/b13-10-/t15-,16-,19+,20-,21+/m0/s1. The van der Waals surface area contributed by atoms with Crippen LogP contribution in [0.2, 0.25) is 0 Å². The lowest BCUT2D eigenvalue weighted by Gasteiger charge is -2.56. The van der Waals surface area contributed by atoms with Crippen LogP contribution < -0.4 is 0 Å². The van der Waals surface area contributed by atoms with Gasteiger partial charge in [0.25, 0.3) is 0 Å². The molecule has 0 aromatic rings. The first kappa shape index (κ1) is 16.7. The van der Waals surface area contributed by atoms with Crippen molar-refractivity contribution in [3.8, 4) is 0 Å². The van der Waals surface area contributed by atoms with Crippen LogP contribution in [-0.4, -0.2) is 22.6 Å². The maximum atomic E-state index is 13.3. The largest absolute Gasteiger partial charge is 0.478 e. The number of fused-ring (bicyclic) bond motifs is 5. The van der Waals surface area contributed by atoms with Gasteiger partial charge in [0, 0.05) is 24.8 Å². The normalized spacial score (nSPS) is 44.8. The second-order valence-corrected chi connectivity index (χ2v) is 8.95. The van der Waals surface area contributed by atoms with Crippen LogP contribution >= 0.6 is 0 Å². The lowest BCUT2D eigenvalue weighted by atomic mass is 9.47. The summed E-state index contributed by atoms with van der Waals surface area (Å²) < 4.78 is 0. The van der Waals surface area contributed by atoms with Gasteiger partial charge < -0.3 is 5.11 Å². The maximum Gasteiger partial charge on any atom is 0.328 e. The summed E-state index contributed by atoms with van der Waals surface area (Å²) in [6.07, 6.45) is 8.57. The quantitative estimate of drug-likeness (QED) is 0.738. The zero-order valence-corrected chi connectivity index (χ0v) is 15.0. The summed E-state index contributed by atoms with van der Waals surface area (Å²) in [5.41, 5.74) is 1.66. The molecule has 134 valence electrons. The van der Waals surface area contributed by atoms with E-state index in [0.717, 1.165) is 37.7 Å². The summed E-state index contributed by atoms with van der Waals surface area (Å²) in [7, 11) is 0. The Morgan fingerprint density at radius 2 is 1.92 bits per heavy atom. The van der Waals surface area contributed by atoms with Crippen molar-refractivity contribution < 1.29 is 19.5 Å². The van der Waals surface area contributed by atoms with E-state index in [1.165, 1.54) is 11.6 Å². The molecular weight excluding hydrogens is 316 g/mol. The van der Waals surface area contributed by atoms with Crippen LogP contribution in [0.1, 0.15) is 58.8 Å². The summed E-state index contributed by atoms with van der Waals surface area (Å²) in [6, 6.07) is 0. The van der Waals surface area contributed by atoms with Crippen LogP contribution in [-0.2, 0) is 14.4 Å². The molecule has 4 rings (SSSR count). The van der Waals surface area contributed by atoms with Crippen LogP contribution in [0.4, 0.5) is 0 Å². The first-order chi connectivity index (χ1) is 11.8. The number of hydrogen-bond acceptors (Lipinski definition) is 3. The third kappa shape index (κ3) is 2.29. The molecule has 0 amide bonds. The fourth-order valence-corrected chi connectivity index (χ4v) is 6.62. The van der Waals surface area contributed by atoms with Gasteiger partial charge in [0.15, 0.2) is 5.78 Å². The number of allylic oxidation sites excluding steroid dienone is 2. The van der Waals surface area contributed by atoms with Gasteiger partial charge in [-0.05, 0) is 60.8 Å². The van der Waals surface area contributed by atoms with Crippen LogP contribution in [0.25, 0.3) is 0 Å². The Bertz CT molecular complexity index is 730. The predicted octanol–water partition coefficient (Wildman–Crippen LogP) is 3.71. The number of carbonyl (C=O) groups is 3. The van der Waals surface area contributed by atoms with Crippen molar-refractivity contribution in [1.29, 1.82) is 0 Å². The van der Waals surface area contributed by atoms with E-state index in [9.17, 15) is 19.5 Å². The summed E-state index contributed by atoms with van der Waals surface area (Å²) in [6.45, 7) is 4.29. The molecule has 0 heterocycles. The zero-order chi connectivity index (χ0) is 18.0. The van der Waals surface area contributed by atoms with Crippen LogP contribution in [0.3, 0.4) is 0 Å². The Balaban J connectivity index is 1.74. The Morgan fingerprint density at radius 1 is 1.16 bits per heavy atom. The van der Waals surface area contributed by atoms with Gasteiger partial charge >= 0.3 is 5.97 Å². The van der Waals surface area contributed by atoms with Gasteiger partial charge in [0.2, 0.25) is 0 Å². The van der Waals surface area contributed by atoms with Gasteiger partial charge in [-0.15, -0.1) is 0 Å². The summed E-state index contributed by atoms with van der Waals surface area (Å²) >= 11 is 0. The molecule has 4 aliphatic rings. The van der Waals surface area contributed by atoms with Gasteiger partial charge in [0.05, 0.1) is 0 Å². The van der Waals surface area contributed by atoms with Crippen molar-refractivity contribution in [2.75, 3.05) is 0 Å².